The van der Waals surface area contributed by atoms with Gasteiger partial charge < -0.3 is 14.6 Å². The number of aliphatic hydroxyl groups excluding tert-OH is 1. The van der Waals surface area contributed by atoms with E-state index in [1.165, 1.54) is 0 Å². The first kappa shape index (κ1) is 10.9. The van der Waals surface area contributed by atoms with Crippen LogP contribution in [0.15, 0.2) is 18.3 Å². The van der Waals surface area contributed by atoms with Gasteiger partial charge in [-0.2, -0.15) is 0 Å². The van der Waals surface area contributed by atoms with Crippen molar-refractivity contribution in [3.05, 3.63) is 24.0 Å². The summed E-state index contributed by atoms with van der Waals surface area (Å²) in [7, 11) is 1.66. The standard InChI is InChI=1S/C10H15NO3/c1-13-5-2-6-14-10-4-3-9(8-12)11-7-10/h3-4,7,12H,2,5-6,8H2,1H3. The van der Waals surface area contributed by atoms with E-state index in [-0.39, 0.29) is 6.61 Å². The van der Waals surface area contributed by atoms with Crippen molar-refractivity contribution in [1.82, 2.24) is 4.98 Å². The second-order valence-corrected chi connectivity index (χ2v) is 2.84. The minimum Gasteiger partial charge on any atom is -0.492 e. The van der Waals surface area contributed by atoms with Crippen LogP contribution in [0.4, 0.5) is 0 Å². The van der Waals surface area contributed by atoms with E-state index in [2.05, 4.69) is 4.98 Å². The number of methoxy groups -OCH3 is 1. The summed E-state index contributed by atoms with van der Waals surface area (Å²) in [5.41, 5.74) is 0.647. The highest BCUT2D eigenvalue weighted by Gasteiger charge is 1.95. The Morgan fingerprint density at radius 1 is 1.36 bits per heavy atom. The van der Waals surface area contributed by atoms with Crippen LogP contribution in [-0.4, -0.2) is 30.4 Å². The van der Waals surface area contributed by atoms with Crippen molar-refractivity contribution in [3.8, 4) is 5.75 Å². The molecule has 1 aromatic rings. The molecule has 0 atom stereocenters. The number of hydrogen-bond donors (Lipinski definition) is 1. The number of nitrogens with zero attached hydrogens (tertiary/aromatic N) is 1. The molecule has 78 valence electrons. The highest BCUT2D eigenvalue weighted by atomic mass is 16.5. The van der Waals surface area contributed by atoms with Crippen LogP contribution < -0.4 is 4.74 Å². The zero-order chi connectivity index (χ0) is 10.2. The number of pyridine rings is 1. The molecule has 1 rings (SSSR count). The van der Waals surface area contributed by atoms with Crippen molar-refractivity contribution in [3.63, 3.8) is 0 Å². The Hall–Kier alpha value is -1.13. The zero-order valence-corrected chi connectivity index (χ0v) is 8.27. The van der Waals surface area contributed by atoms with Crippen LogP contribution in [-0.2, 0) is 11.3 Å². The van der Waals surface area contributed by atoms with Crippen molar-refractivity contribution in [1.29, 1.82) is 0 Å². The first-order valence-corrected chi connectivity index (χ1v) is 4.54. The topological polar surface area (TPSA) is 51.6 Å². The maximum absolute atomic E-state index is 8.75. The molecule has 1 N–H and O–H groups in total. The lowest BCUT2D eigenvalue weighted by molar-refractivity contribution is 0.172. The predicted octanol–water partition coefficient (Wildman–Crippen LogP) is 0.989. The molecule has 0 aliphatic heterocycles. The number of hydrogen-bond acceptors (Lipinski definition) is 4. The molecule has 4 heteroatoms. The molecule has 0 aliphatic rings. The Labute approximate surface area is 83.5 Å². The van der Waals surface area contributed by atoms with Crippen LogP contribution in [0.1, 0.15) is 12.1 Å². The fraction of sp³-hybridized carbons (Fsp3) is 0.500. The monoisotopic (exact) mass is 197 g/mol. The summed E-state index contributed by atoms with van der Waals surface area (Å²) in [4.78, 5) is 3.99. The van der Waals surface area contributed by atoms with Crippen molar-refractivity contribution in [2.75, 3.05) is 20.3 Å². The van der Waals surface area contributed by atoms with Gasteiger partial charge in [0.15, 0.2) is 0 Å². The smallest absolute Gasteiger partial charge is 0.137 e. The van der Waals surface area contributed by atoms with Gasteiger partial charge in [0.05, 0.1) is 25.1 Å². The molecule has 0 saturated carbocycles. The molecule has 0 fully saturated rings. The summed E-state index contributed by atoms with van der Waals surface area (Å²) in [6, 6.07) is 3.54. The van der Waals surface area contributed by atoms with Crippen molar-refractivity contribution in [2.45, 2.75) is 13.0 Å². The Balaban J connectivity index is 2.29. The Morgan fingerprint density at radius 2 is 2.21 bits per heavy atom. The van der Waals surface area contributed by atoms with Crippen LogP contribution >= 0.6 is 0 Å². The highest BCUT2D eigenvalue weighted by molar-refractivity contribution is 5.19. The molecule has 0 aliphatic carbocycles. The molecule has 0 aromatic carbocycles. The molecule has 0 radical (unpaired) electrons. The normalized spacial score (nSPS) is 10.1. The fourth-order valence-corrected chi connectivity index (χ4v) is 0.983. The third kappa shape index (κ3) is 3.72. The summed E-state index contributed by atoms with van der Waals surface area (Å²) in [5.74, 6) is 0.721. The van der Waals surface area contributed by atoms with E-state index in [0.29, 0.717) is 18.9 Å². The van der Waals surface area contributed by atoms with Gasteiger partial charge in [-0.1, -0.05) is 0 Å². The fourth-order valence-electron chi connectivity index (χ4n) is 0.983. The molecule has 0 saturated heterocycles. The molecule has 0 unspecified atom stereocenters. The van der Waals surface area contributed by atoms with E-state index in [9.17, 15) is 0 Å². The van der Waals surface area contributed by atoms with Gasteiger partial charge >= 0.3 is 0 Å². The number of ether oxygens (including phenoxy) is 2. The van der Waals surface area contributed by atoms with Gasteiger partial charge in [0.1, 0.15) is 5.75 Å². The molecular weight excluding hydrogens is 182 g/mol. The highest BCUT2D eigenvalue weighted by Crippen LogP contribution is 2.09. The molecule has 0 spiro atoms. The maximum atomic E-state index is 8.75. The van der Waals surface area contributed by atoms with E-state index in [1.54, 1.807) is 25.4 Å². The summed E-state index contributed by atoms with van der Waals surface area (Å²) in [5, 5.41) is 8.75. The third-order valence-electron chi connectivity index (χ3n) is 1.72. The van der Waals surface area contributed by atoms with Gasteiger partial charge in [-0.25, -0.2) is 0 Å². The first-order valence-electron chi connectivity index (χ1n) is 4.54. The SMILES string of the molecule is COCCCOc1ccc(CO)nc1. The van der Waals surface area contributed by atoms with E-state index in [4.69, 9.17) is 14.6 Å². The van der Waals surface area contributed by atoms with Crippen molar-refractivity contribution in [2.24, 2.45) is 0 Å². The van der Waals surface area contributed by atoms with Gasteiger partial charge in [-0.3, -0.25) is 4.98 Å². The number of aromatic nitrogens is 1. The second kappa shape index (κ2) is 6.34. The second-order valence-electron chi connectivity index (χ2n) is 2.84. The van der Waals surface area contributed by atoms with Gasteiger partial charge in [-0.15, -0.1) is 0 Å². The maximum Gasteiger partial charge on any atom is 0.137 e. The molecule has 0 bridgehead atoms. The van der Waals surface area contributed by atoms with Crippen LogP contribution in [0.25, 0.3) is 0 Å². The number of aliphatic hydroxyl groups is 1. The minimum absolute atomic E-state index is 0.0377. The van der Waals surface area contributed by atoms with E-state index in [0.717, 1.165) is 12.2 Å². The van der Waals surface area contributed by atoms with Crippen molar-refractivity contribution >= 4 is 0 Å². The Kier molecular flexibility index (Phi) is 4.96. The summed E-state index contributed by atoms with van der Waals surface area (Å²) in [6.45, 7) is 1.28. The largest absolute Gasteiger partial charge is 0.492 e. The lowest BCUT2D eigenvalue weighted by atomic mass is 10.3. The van der Waals surface area contributed by atoms with Gasteiger partial charge in [0, 0.05) is 20.1 Å². The Morgan fingerprint density at radius 3 is 2.79 bits per heavy atom. The van der Waals surface area contributed by atoms with Gasteiger partial charge in [0.25, 0.3) is 0 Å². The lowest BCUT2D eigenvalue weighted by Gasteiger charge is -2.05. The minimum atomic E-state index is -0.0377. The quantitative estimate of drug-likeness (QED) is 0.691. The van der Waals surface area contributed by atoms with E-state index >= 15 is 0 Å². The van der Waals surface area contributed by atoms with E-state index in [1.807, 2.05) is 0 Å². The summed E-state index contributed by atoms with van der Waals surface area (Å²) in [6.07, 6.45) is 2.47. The van der Waals surface area contributed by atoms with Crippen LogP contribution in [0.3, 0.4) is 0 Å². The van der Waals surface area contributed by atoms with Crippen LogP contribution in [0, 0.1) is 0 Å². The summed E-state index contributed by atoms with van der Waals surface area (Å²) < 4.78 is 10.3. The molecule has 0 amide bonds. The molecule has 14 heavy (non-hydrogen) atoms. The average Bonchev–Trinajstić information content (AvgIpc) is 2.25. The van der Waals surface area contributed by atoms with Crippen LogP contribution in [0.2, 0.25) is 0 Å². The first-order chi connectivity index (χ1) is 6.86. The summed E-state index contributed by atoms with van der Waals surface area (Å²) >= 11 is 0. The lowest BCUT2D eigenvalue weighted by Crippen LogP contribution is -2.01. The molecular formula is C10H15NO3. The average molecular weight is 197 g/mol. The Bertz CT molecular complexity index is 248. The van der Waals surface area contributed by atoms with Gasteiger partial charge in [0.2, 0.25) is 0 Å². The van der Waals surface area contributed by atoms with E-state index < -0.39 is 0 Å². The molecule has 1 aromatic heterocycles. The van der Waals surface area contributed by atoms with Crippen LogP contribution in [0.5, 0.6) is 5.75 Å². The van der Waals surface area contributed by atoms with Crippen molar-refractivity contribution < 1.29 is 14.6 Å². The zero-order valence-electron chi connectivity index (χ0n) is 8.27. The third-order valence-corrected chi connectivity index (χ3v) is 1.72. The van der Waals surface area contributed by atoms with Gasteiger partial charge in [-0.05, 0) is 12.1 Å². The predicted molar refractivity (Wildman–Crippen MR) is 52.1 cm³/mol. The molecule has 4 nitrogen and oxygen atoms in total. The number of rotatable bonds is 6. The molecule has 1 heterocycles.